The molecule has 2 unspecified atom stereocenters. The first kappa shape index (κ1) is 9.09. The van der Waals surface area contributed by atoms with E-state index in [4.69, 9.17) is 0 Å². The summed E-state index contributed by atoms with van der Waals surface area (Å²) in [7, 11) is 0. The minimum atomic E-state index is 0.907. The molecule has 0 aliphatic heterocycles. The molecule has 0 heteroatoms. The smallest absolute Gasteiger partial charge is 0.0360 e. The minimum Gasteiger partial charge on any atom is -0.0625 e. The Balaban J connectivity index is 2.51. The summed E-state index contributed by atoms with van der Waals surface area (Å²) in [6, 6.07) is 0. The van der Waals surface area contributed by atoms with Crippen molar-refractivity contribution in [2.24, 2.45) is 23.7 Å². The van der Waals surface area contributed by atoms with Gasteiger partial charge in [-0.3, -0.25) is 0 Å². The monoisotopic (exact) mass is 154 g/mol. The van der Waals surface area contributed by atoms with Crippen LogP contribution in [0.2, 0.25) is 0 Å². The average molecular weight is 154 g/mol. The highest BCUT2D eigenvalue weighted by atomic mass is 14.4. The summed E-state index contributed by atoms with van der Waals surface area (Å²) in [4.78, 5) is 0. The van der Waals surface area contributed by atoms with Crippen LogP contribution in [0, 0.1) is 23.7 Å². The summed E-state index contributed by atoms with van der Waals surface area (Å²) in [6.07, 6.45) is 4.45. The molecule has 1 aliphatic rings. The minimum absolute atomic E-state index is 0.907. The van der Waals surface area contributed by atoms with Crippen molar-refractivity contribution < 1.29 is 0 Å². The van der Waals surface area contributed by atoms with Gasteiger partial charge in [-0.2, -0.15) is 0 Å². The Morgan fingerprint density at radius 3 is 1.45 bits per heavy atom. The maximum atomic E-state index is 2.38. The predicted octanol–water partition coefficient (Wildman–Crippen LogP) is 3.71. The van der Waals surface area contributed by atoms with Crippen LogP contribution in [-0.4, -0.2) is 0 Å². The molecule has 1 fully saturated rings. The van der Waals surface area contributed by atoms with Gasteiger partial charge in [0.2, 0.25) is 0 Å². The molecule has 0 aromatic rings. The van der Waals surface area contributed by atoms with Crippen LogP contribution in [0.15, 0.2) is 0 Å². The molecule has 0 saturated heterocycles. The molecule has 0 N–H and O–H groups in total. The Hall–Kier alpha value is 0. The standard InChI is InChI=1S/C11H22/c1-8(2)10-6-5-7-11(10)9(3)4/h8-11H,5-7H2,1-4H3. The van der Waals surface area contributed by atoms with Gasteiger partial charge in [0.1, 0.15) is 0 Å². The second-order valence-electron chi connectivity index (χ2n) is 4.75. The van der Waals surface area contributed by atoms with Crippen molar-refractivity contribution in [1.82, 2.24) is 0 Å². The molecule has 0 bridgehead atoms. The molecule has 66 valence electrons. The molecular formula is C11H22. The summed E-state index contributed by atoms with van der Waals surface area (Å²) in [5, 5.41) is 0. The lowest BCUT2D eigenvalue weighted by molar-refractivity contribution is 0.235. The second kappa shape index (κ2) is 3.60. The van der Waals surface area contributed by atoms with Gasteiger partial charge in [0.05, 0.1) is 0 Å². The zero-order valence-corrected chi connectivity index (χ0v) is 8.43. The van der Waals surface area contributed by atoms with Crippen LogP contribution in [0.4, 0.5) is 0 Å². The van der Waals surface area contributed by atoms with Gasteiger partial charge >= 0.3 is 0 Å². The molecule has 0 radical (unpaired) electrons. The Morgan fingerprint density at radius 2 is 1.18 bits per heavy atom. The highest BCUT2D eigenvalue weighted by molar-refractivity contribution is 4.81. The molecule has 0 aromatic heterocycles. The van der Waals surface area contributed by atoms with Gasteiger partial charge < -0.3 is 0 Å². The number of rotatable bonds is 2. The van der Waals surface area contributed by atoms with E-state index < -0.39 is 0 Å². The average Bonchev–Trinajstić information content (AvgIpc) is 2.32. The molecule has 0 spiro atoms. The molecule has 0 amide bonds. The first-order valence-electron chi connectivity index (χ1n) is 5.13. The first-order valence-corrected chi connectivity index (χ1v) is 5.13. The van der Waals surface area contributed by atoms with Gasteiger partial charge in [-0.15, -0.1) is 0 Å². The van der Waals surface area contributed by atoms with Gasteiger partial charge in [0.15, 0.2) is 0 Å². The fourth-order valence-electron chi connectivity index (χ4n) is 2.67. The van der Waals surface area contributed by atoms with Crippen LogP contribution in [0.5, 0.6) is 0 Å². The fourth-order valence-corrected chi connectivity index (χ4v) is 2.67. The van der Waals surface area contributed by atoms with Crippen molar-refractivity contribution in [1.29, 1.82) is 0 Å². The van der Waals surface area contributed by atoms with Crippen LogP contribution in [0.1, 0.15) is 47.0 Å². The van der Waals surface area contributed by atoms with Crippen molar-refractivity contribution in [2.75, 3.05) is 0 Å². The van der Waals surface area contributed by atoms with Crippen molar-refractivity contribution in [3.63, 3.8) is 0 Å². The first-order chi connectivity index (χ1) is 5.13. The number of hydrogen-bond acceptors (Lipinski definition) is 0. The lowest BCUT2D eigenvalue weighted by Crippen LogP contribution is -2.18. The zero-order chi connectivity index (χ0) is 8.43. The lowest BCUT2D eigenvalue weighted by atomic mass is 9.80. The third kappa shape index (κ3) is 1.98. The Bertz CT molecular complexity index is 99.2. The van der Waals surface area contributed by atoms with E-state index in [-0.39, 0.29) is 0 Å². The molecule has 11 heavy (non-hydrogen) atoms. The van der Waals surface area contributed by atoms with Gasteiger partial charge in [-0.05, 0) is 36.5 Å². The van der Waals surface area contributed by atoms with Crippen LogP contribution in [0.25, 0.3) is 0 Å². The fraction of sp³-hybridized carbons (Fsp3) is 1.00. The van der Waals surface area contributed by atoms with Gasteiger partial charge in [-0.25, -0.2) is 0 Å². The van der Waals surface area contributed by atoms with E-state index in [0.29, 0.717) is 0 Å². The van der Waals surface area contributed by atoms with E-state index in [2.05, 4.69) is 27.7 Å². The quantitative estimate of drug-likeness (QED) is 0.568. The highest BCUT2D eigenvalue weighted by Crippen LogP contribution is 2.40. The Morgan fingerprint density at radius 1 is 0.818 bits per heavy atom. The maximum Gasteiger partial charge on any atom is -0.0360 e. The van der Waals surface area contributed by atoms with Crippen molar-refractivity contribution in [3.05, 3.63) is 0 Å². The third-order valence-electron chi connectivity index (χ3n) is 3.34. The topological polar surface area (TPSA) is 0 Å². The zero-order valence-electron chi connectivity index (χ0n) is 8.43. The van der Waals surface area contributed by atoms with Crippen molar-refractivity contribution >= 4 is 0 Å². The molecule has 2 atom stereocenters. The molecule has 0 nitrogen and oxygen atoms in total. The summed E-state index contributed by atoms with van der Waals surface area (Å²) < 4.78 is 0. The largest absolute Gasteiger partial charge is 0.0625 e. The molecular weight excluding hydrogens is 132 g/mol. The predicted molar refractivity (Wildman–Crippen MR) is 50.5 cm³/mol. The number of hydrogen-bond donors (Lipinski definition) is 0. The van der Waals surface area contributed by atoms with Crippen molar-refractivity contribution in [2.45, 2.75) is 47.0 Å². The summed E-state index contributed by atoms with van der Waals surface area (Å²) >= 11 is 0. The second-order valence-corrected chi connectivity index (χ2v) is 4.75. The Kier molecular flexibility index (Phi) is 2.98. The SMILES string of the molecule is CC(C)C1CCCC1C(C)C. The maximum absolute atomic E-state index is 2.38. The van der Waals surface area contributed by atoms with Gasteiger partial charge in [0.25, 0.3) is 0 Å². The van der Waals surface area contributed by atoms with Crippen LogP contribution in [-0.2, 0) is 0 Å². The summed E-state index contributed by atoms with van der Waals surface area (Å²) in [5.41, 5.74) is 0. The van der Waals surface area contributed by atoms with E-state index in [9.17, 15) is 0 Å². The third-order valence-corrected chi connectivity index (χ3v) is 3.34. The summed E-state index contributed by atoms with van der Waals surface area (Å²) in [6.45, 7) is 9.52. The van der Waals surface area contributed by atoms with Crippen LogP contribution >= 0.6 is 0 Å². The highest BCUT2D eigenvalue weighted by Gasteiger charge is 2.31. The normalized spacial score (nSPS) is 32.2. The van der Waals surface area contributed by atoms with E-state index in [1.54, 1.807) is 0 Å². The van der Waals surface area contributed by atoms with Crippen LogP contribution in [0.3, 0.4) is 0 Å². The summed E-state index contributed by atoms with van der Waals surface area (Å²) in [5.74, 6) is 3.86. The van der Waals surface area contributed by atoms with Crippen molar-refractivity contribution in [3.8, 4) is 0 Å². The lowest BCUT2D eigenvalue weighted by Gasteiger charge is -2.26. The van der Waals surface area contributed by atoms with E-state index in [0.717, 1.165) is 23.7 Å². The molecule has 1 saturated carbocycles. The van der Waals surface area contributed by atoms with E-state index >= 15 is 0 Å². The molecule has 1 rings (SSSR count). The Labute approximate surface area is 71.4 Å². The van der Waals surface area contributed by atoms with E-state index in [1.807, 2.05) is 0 Å². The van der Waals surface area contributed by atoms with Gasteiger partial charge in [0, 0.05) is 0 Å². The van der Waals surface area contributed by atoms with Crippen LogP contribution < -0.4 is 0 Å². The van der Waals surface area contributed by atoms with Gasteiger partial charge in [-0.1, -0.05) is 34.1 Å². The molecule has 0 aromatic carbocycles. The molecule has 1 aliphatic carbocycles. The van der Waals surface area contributed by atoms with E-state index in [1.165, 1.54) is 19.3 Å². The molecule has 0 heterocycles.